The number of hydrogen-bond donors (Lipinski definition) is 1. The third-order valence-corrected chi connectivity index (χ3v) is 4.80. The van der Waals surface area contributed by atoms with Gasteiger partial charge in [-0.05, 0) is 56.7 Å². The van der Waals surface area contributed by atoms with E-state index < -0.39 is 5.54 Å². The Hall–Kier alpha value is -0.400. The molecule has 0 aliphatic heterocycles. The summed E-state index contributed by atoms with van der Waals surface area (Å²) in [5, 5.41) is 14.0. The van der Waals surface area contributed by atoms with Crippen LogP contribution < -0.4 is 5.32 Å². The van der Waals surface area contributed by atoms with Gasteiger partial charge >= 0.3 is 0 Å². The molecule has 0 radical (unpaired) electrons. The van der Waals surface area contributed by atoms with Crippen LogP contribution in [0.2, 0.25) is 10.0 Å². The van der Waals surface area contributed by atoms with Gasteiger partial charge in [0.05, 0.1) is 11.1 Å². The number of halogens is 2. The van der Waals surface area contributed by atoms with Crippen molar-refractivity contribution in [2.75, 3.05) is 12.3 Å². The highest BCUT2D eigenvalue weighted by Gasteiger charge is 2.21. The highest BCUT2D eigenvalue weighted by molar-refractivity contribution is 7.99. The molecule has 1 aromatic rings. The van der Waals surface area contributed by atoms with Gasteiger partial charge in [0.1, 0.15) is 5.54 Å². The van der Waals surface area contributed by atoms with Crippen molar-refractivity contribution in [1.82, 2.24) is 5.32 Å². The maximum atomic E-state index is 9.25. The van der Waals surface area contributed by atoms with Crippen LogP contribution in [0.15, 0.2) is 23.1 Å². The summed E-state index contributed by atoms with van der Waals surface area (Å²) >= 11 is 13.8. The normalized spacial score (nSPS) is 13.8. The summed E-state index contributed by atoms with van der Waals surface area (Å²) in [4.78, 5) is 0.999. The zero-order chi connectivity index (χ0) is 15.0. The molecule has 5 heteroatoms. The number of thioether (sulfide) groups is 1. The molecule has 1 unspecified atom stereocenters. The van der Waals surface area contributed by atoms with Crippen LogP contribution in [0.3, 0.4) is 0 Å². The Morgan fingerprint density at radius 1 is 1.40 bits per heavy atom. The van der Waals surface area contributed by atoms with E-state index in [1.807, 2.05) is 19.1 Å². The van der Waals surface area contributed by atoms with Crippen molar-refractivity contribution in [3.05, 3.63) is 28.2 Å². The van der Waals surface area contributed by atoms with Gasteiger partial charge in [-0.25, -0.2) is 0 Å². The number of nitriles is 1. The van der Waals surface area contributed by atoms with E-state index in [2.05, 4.69) is 18.3 Å². The van der Waals surface area contributed by atoms with E-state index in [0.717, 1.165) is 41.5 Å². The van der Waals surface area contributed by atoms with Gasteiger partial charge in [-0.1, -0.05) is 30.1 Å². The first-order valence-electron chi connectivity index (χ1n) is 6.75. The lowest BCUT2D eigenvalue weighted by molar-refractivity contribution is 0.415. The zero-order valence-corrected chi connectivity index (χ0v) is 14.2. The van der Waals surface area contributed by atoms with Crippen LogP contribution in [0.25, 0.3) is 0 Å². The van der Waals surface area contributed by atoms with Gasteiger partial charge in [0.25, 0.3) is 0 Å². The lowest BCUT2D eigenvalue weighted by Crippen LogP contribution is -2.41. The second kappa shape index (κ2) is 8.79. The summed E-state index contributed by atoms with van der Waals surface area (Å²) in [5.74, 6) is 0.922. The highest BCUT2D eigenvalue weighted by atomic mass is 35.5. The standard InChI is InChI=1S/C15H20Cl2N2S/c1-3-8-19-15(2,11-18)7-4-9-20-14-10-12(16)5-6-13(14)17/h5-6,10,19H,3-4,7-9H2,1-2H3. The average Bonchev–Trinajstić information content (AvgIpc) is 2.45. The van der Waals surface area contributed by atoms with Gasteiger partial charge < -0.3 is 0 Å². The first-order chi connectivity index (χ1) is 9.50. The first kappa shape index (κ1) is 17.7. The minimum atomic E-state index is -0.436. The molecule has 110 valence electrons. The van der Waals surface area contributed by atoms with E-state index in [1.54, 1.807) is 17.8 Å². The maximum absolute atomic E-state index is 9.25. The average molecular weight is 331 g/mol. The lowest BCUT2D eigenvalue weighted by Gasteiger charge is -2.22. The van der Waals surface area contributed by atoms with Gasteiger partial charge in [-0.2, -0.15) is 5.26 Å². The van der Waals surface area contributed by atoms with Crippen molar-refractivity contribution in [3.63, 3.8) is 0 Å². The van der Waals surface area contributed by atoms with Crippen molar-refractivity contribution in [3.8, 4) is 6.07 Å². The Morgan fingerprint density at radius 3 is 2.80 bits per heavy atom. The molecular weight excluding hydrogens is 311 g/mol. The molecule has 2 nitrogen and oxygen atoms in total. The van der Waals surface area contributed by atoms with Crippen molar-refractivity contribution < 1.29 is 0 Å². The minimum absolute atomic E-state index is 0.436. The molecule has 1 atom stereocenters. The Kier molecular flexibility index (Phi) is 7.76. The Bertz CT molecular complexity index is 473. The molecular formula is C15H20Cl2N2S. The van der Waals surface area contributed by atoms with E-state index >= 15 is 0 Å². The Labute approximate surface area is 135 Å². The summed E-state index contributed by atoms with van der Waals surface area (Å²) in [7, 11) is 0. The second-order valence-electron chi connectivity index (χ2n) is 4.90. The predicted octanol–water partition coefficient (Wildman–Crippen LogP) is 5.15. The number of rotatable bonds is 8. The molecule has 0 aromatic heterocycles. The molecule has 0 saturated carbocycles. The molecule has 1 rings (SSSR count). The third-order valence-electron chi connectivity index (χ3n) is 2.98. The maximum Gasteiger partial charge on any atom is 0.103 e. The van der Waals surface area contributed by atoms with Gasteiger partial charge in [-0.3, -0.25) is 5.32 Å². The molecule has 0 heterocycles. The monoisotopic (exact) mass is 330 g/mol. The van der Waals surface area contributed by atoms with Crippen LogP contribution in [0.4, 0.5) is 0 Å². The molecule has 0 saturated heterocycles. The molecule has 0 bridgehead atoms. The van der Waals surface area contributed by atoms with E-state index in [0.29, 0.717) is 5.02 Å². The fourth-order valence-corrected chi connectivity index (χ4v) is 3.22. The Morgan fingerprint density at radius 2 is 2.15 bits per heavy atom. The fourth-order valence-electron chi connectivity index (χ4n) is 1.78. The van der Waals surface area contributed by atoms with Crippen LogP contribution in [0, 0.1) is 11.3 Å². The summed E-state index contributed by atoms with van der Waals surface area (Å²) in [6.07, 6.45) is 2.81. The van der Waals surface area contributed by atoms with Crippen molar-refractivity contribution >= 4 is 35.0 Å². The van der Waals surface area contributed by atoms with Crippen molar-refractivity contribution in [2.24, 2.45) is 0 Å². The molecule has 1 N–H and O–H groups in total. The predicted molar refractivity (Wildman–Crippen MR) is 88.7 cm³/mol. The smallest absolute Gasteiger partial charge is 0.103 e. The Balaban J connectivity index is 2.41. The summed E-state index contributed by atoms with van der Waals surface area (Å²) in [6, 6.07) is 7.85. The minimum Gasteiger partial charge on any atom is -0.300 e. The summed E-state index contributed by atoms with van der Waals surface area (Å²) in [5.41, 5.74) is -0.436. The second-order valence-corrected chi connectivity index (χ2v) is 6.88. The van der Waals surface area contributed by atoms with Crippen LogP contribution in [-0.2, 0) is 0 Å². The molecule has 0 amide bonds. The van der Waals surface area contributed by atoms with Gasteiger partial charge in [0.2, 0.25) is 0 Å². The highest BCUT2D eigenvalue weighted by Crippen LogP contribution is 2.30. The quantitative estimate of drug-likeness (QED) is 0.529. The van der Waals surface area contributed by atoms with E-state index in [1.165, 1.54) is 0 Å². The van der Waals surface area contributed by atoms with Crippen molar-refractivity contribution in [2.45, 2.75) is 43.5 Å². The van der Waals surface area contributed by atoms with Gasteiger partial charge in [0.15, 0.2) is 0 Å². The summed E-state index contributed by atoms with van der Waals surface area (Å²) in [6.45, 7) is 4.93. The van der Waals surface area contributed by atoms with E-state index in [-0.39, 0.29) is 0 Å². The van der Waals surface area contributed by atoms with Gasteiger partial charge in [0, 0.05) is 9.92 Å². The first-order valence-corrected chi connectivity index (χ1v) is 8.49. The van der Waals surface area contributed by atoms with Crippen LogP contribution in [-0.4, -0.2) is 17.8 Å². The number of nitrogens with zero attached hydrogens (tertiary/aromatic N) is 1. The topological polar surface area (TPSA) is 35.8 Å². The SMILES string of the molecule is CCCNC(C)(C#N)CCCSc1cc(Cl)ccc1Cl. The molecule has 20 heavy (non-hydrogen) atoms. The lowest BCUT2D eigenvalue weighted by atomic mass is 9.98. The van der Waals surface area contributed by atoms with Crippen molar-refractivity contribution in [1.29, 1.82) is 5.26 Å². The van der Waals surface area contributed by atoms with E-state index in [4.69, 9.17) is 23.2 Å². The molecule has 0 spiro atoms. The third kappa shape index (κ3) is 5.93. The molecule has 0 fully saturated rings. The fraction of sp³-hybridized carbons (Fsp3) is 0.533. The molecule has 1 aromatic carbocycles. The van der Waals surface area contributed by atoms with Crippen LogP contribution in [0.5, 0.6) is 0 Å². The molecule has 0 aliphatic carbocycles. The van der Waals surface area contributed by atoms with E-state index in [9.17, 15) is 5.26 Å². The van der Waals surface area contributed by atoms with Crippen LogP contribution in [0.1, 0.15) is 33.1 Å². The number of hydrogen-bond acceptors (Lipinski definition) is 3. The largest absolute Gasteiger partial charge is 0.300 e. The zero-order valence-electron chi connectivity index (χ0n) is 11.9. The van der Waals surface area contributed by atoms with Gasteiger partial charge in [-0.15, -0.1) is 11.8 Å². The molecule has 0 aliphatic rings. The number of benzene rings is 1. The summed E-state index contributed by atoms with van der Waals surface area (Å²) < 4.78 is 0. The number of nitrogens with one attached hydrogen (secondary N) is 1. The van der Waals surface area contributed by atoms with Crippen LogP contribution >= 0.6 is 35.0 Å².